The van der Waals surface area contributed by atoms with E-state index in [0.717, 1.165) is 39.3 Å². The summed E-state index contributed by atoms with van der Waals surface area (Å²) in [5, 5.41) is 20.5. The molecule has 0 saturated heterocycles. The minimum absolute atomic E-state index is 0. The molecule has 6 aromatic heterocycles. The number of aromatic nitrogens is 6. The monoisotopic (exact) mass is 1540 g/mol. The number of benzene rings is 6. The maximum Gasteiger partial charge on any atom is 0.329 e. The first-order valence-electron chi connectivity index (χ1n) is 33.3. The zero-order valence-corrected chi connectivity index (χ0v) is 61.4. The molecule has 3 aliphatic heterocycles. The van der Waals surface area contributed by atoms with Crippen LogP contribution < -0.4 is 52.6 Å². The van der Waals surface area contributed by atoms with Crippen molar-refractivity contribution >= 4 is 93.3 Å². The number of pyridine rings is 3. The predicted octanol–water partition coefficient (Wildman–Crippen LogP) is 13.1. The number of oxazole rings is 3. The highest BCUT2D eigenvalue weighted by Crippen LogP contribution is 2.44. The van der Waals surface area contributed by atoms with Gasteiger partial charge in [0.1, 0.15) is 82.6 Å². The number of phenols is 1. The number of hydrogen-bond donors (Lipinski definition) is 2. The Labute approximate surface area is 631 Å². The summed E-state index contributed by atoms with van der Waals surface area (Å²) >= 11 is 5.52. The summed E-state index contributed by atoms with van der Waals surface area (Å²) in [6.07, 6.45) is 5.45. The zero-order chi connectivity index (χ0) is 76.3. The van der Waals surface area contributed by atoms with Crippen LogP contribution in [0.25, 0.3) is 33.3 Å². The first-order valence-corrected chi connectivity index (χ1v) is 33.8. The number of aromatic hydroxyl groups is 1. The molecule has 0 amide bonds. The molecule has 0 unspecified atom stereocenters. The van der Waals surface area contributed by atoms with Crippen molar-refractivity contribution in [2.75, 3.05) is 71.6 Å². The van der Waals surface area contributed by atoms with Gasteiger partial charge in [0.2, 0.25) is 0 Å². The molecule has 0 fully saturated rings. The van der Waals surface area contributed by atoms with Crippen LogP contribution in [0.5, 0.6) is 51.7 Å². The van der Waals surface area contributed by atoms with Crippen LogP contribution in [0.4, 0.5) is 31.2 Å². The first kappa shape index (κ1) is 77.7. The smallest absolute Gasteiger partial charge is 0.329 e. The van der Waals surface area contributed by atoms with Crippen molar-refractivity contribution in [1.29, 1.82) is 0 Å². The van der Waals surface area contributed by atoms with E-state index in [2.05, 4.69) is 29.9 Å². The molecule has 27 nitrogen and oxygen atoms in total. The molecular weight excluding hydrogens is 1470 g/mol. The number of carbonyl (C=O) groups excluding carboxylic acids is 2. The number of methoxy groups -OCH3 is 8. The average Bonchev–Trinajstić information content (AvgIpc) is 1.76. The maximum atomic E-state index is 13.7. The summed E-state index contributed by atoms with van der Waals surface area (Å²) in [7, 11) is 11.9. The second kappa shape index (κ2) is 34.9. The average molecular weight is 1540 g/mol. The van der Waals surface area contributed by atoms with Crippen LogP contribution in [0.2, 0.25) is 0 Å². The molecule has 0 bridgehead atoms. The van der Waals surface area contributed by atoms with Crippen molar-refractivity contribution < 1.29 is 98.4 Å². The number of ether oxygens (including phenoxy) is 10. The Balaban J connectivity index is 0.000000153. The fraction of sp³-hybridized carbons (Fsp3) is 0.260. The summed E-state index contributed by atoms with van der Waals surface area (Å²) in [5.41, 5.74) is 9.21. The van der Waals surface area contributed by atoms with Crippen LogP contribution in [-0.2, 0) is 81.8 Å². The number of alkyl halides is 1. The Kier molecular flexibility index (Phi) is 24.8. The Morgan fingerprint density at radius 2 is 0.807 bits per heavy atom. The van der Waals surface area contributed by atoms with Gasteiger partial charge in [0.15, 0.2) is 51.2 Å². The molecule has 109 heavy (non-hydrogen) atoms. The molecular formula is C77H72Cl2F3N9O18. The number of anilines is 3. The number of carboxylic acid groups (broad SMARTS) is 1. The Morgan fingerprint density at radius 1 is 0.459 bits per heavy atom. The summed E-state index contributed by atoms with van der Waals surface area (Å²) in [6.45, 7) is 1.13. The second-order valence-electron chi connectivity index (χ2n) is 24.3. The van der Waals surface area contributed by atoms with Gasteiger partial charge in [-0.15, -0.1) is 24.0 Å². The topological polar surface area (TPSA) is 310 Å². The van der Waals surface area contributed by atoms with Gasteiger partial charge in [-0.25, -0.2) is 27.6 Å². The SMILES string of the molecule is COC(=O)[C@@H]1Cc2c(ccc(OC)c2O)CN1c1nc2ccc(F)cc2o1.COC(=O)[C@@H]1Cc2c(ccc(OC)c2OCc2ccc(OC)cn2)CN1c1nc2ccc(F)cc2o1.COc1ccc(CCl)nc1.COc1ccc(COc2c(OC)ccc3c2C[C@@H](C(=O)O)N(c2nc4ccc(F)cc4o2)C3)nc1.Cl. The number of nitrogens with zero attached hydrogens (tertiary/aromatic N) is 9. The molecule has 0 saturated carbocycles. The molecule has 2 N–H and O–H groups in total. The summed E-state index contributed by atoms with van der Waals surface area (Å²) in [4.78, 5) is 68.3. The number of carbonyl (C=O) groups is 3. The molecule has 3 aliphatic rings. The highest BCUT2D eigenvalue weighted by molar-refractivity contribution is 6.16. The minimum atomic E-state index is -1.05. The van der Waals surface area contributed by atoms with Crippen LogP contribution in [0.1, 0.15) is 50.5 Å². The Bertz CT molecular complexity index is 5190. The van der Waals surface area contributed by atoms with E-state index in [9.17, 15) is 37.8 Å². The van der Waals surface area contributed by atoms with E-state index in [4.69, 9.17) is 72.2 Å². The predicted molar refractivity (Wildman–Crippen MR) is 393 cm³/mol. The summed E-state index contributed by atoms with van der Waals surface area (Å²) in [5.74, 6) is 1.54. The van der Waals surface area contributed by atoms with Crippen molar-refractivity contribution in [3.8, 4) is 51.7 Å². The normalized spacial score (nSPS) is 14.6. The Hall–Kier alpha value is -12.4. The number of phenolic OH excluding ortho intramolecular Hbond substituents is 1. The quantitative estimate of drug-likeness (QED) is 0.0561. The van der Waals surface area contributed by atoms with Crippen molar-refractivity contribution in [3.05, 3.63) is 214 Å². The van der Waals surface area contributed by atoms with Crippen LogP contribution >= 0.6 is 24.0 Å². The third-order valence-corrected chi connectivity index (χ3v) is 18.2. The van der Waals surface area contributed by atoms with Gasteiger partial charge in [-0.2, -0.15) is 15.0 Å². The van der Waals surface area contributed by atoms with E-state index in [0.29, 0.717) is 91.8 Å². The van der Waals surface area contributed by atoms with Gasteiger partial charge >= 0.3 is 17.9 Å². The van der Waals surface area contributed by atoms with E-state index in [1.165, 1.54) is 83.0 Å². The number of esters is 2. The highest BCUT2D eigenvalue weighted by atomic mass is 35.5. The number of carboxylic acids is 1. The van der Waals surface area contributed by atoms with E-state index >= 15 is 0 Å². The van der Waals surface area contributed by atoms with E-state index in [1.54, 1.807) is 92.1 Å². The number of rotatable bonds is 19. The van der Waals surface area contributed by atoms with Gasteiger partial charge < -0.3 is 85.5 Å². The molecule has 0 radical (unpaired) electrons. The van der Waals surface area contributed by atoms with E-state index in [1.807, 2.05) is 42.5 Å². The maximum absolute atomic E-state index is 13.7. The molecule has 3 atom stereocenters. The standard InChI is InChI=1S/C26H24FN3O6.C25H22FN3O6.C19H17FN2O5.C7H8ClNO.ClH/c1-32-18-7-6-17(28-12-18)14-35-24-19-11-21(25(31)34-3)30(13-15(19)4-9-22(24)33-2)26-29-20-8-5-16(27)10-23(20)36-26;1-32-17-6-5-16(27-11-17)13-34-23-18-10-20(24(30)31)29(12-14(18)3-8-21(23)33-2)25-28-19-7-4-15(26)9-22(19)35-25;1-25-15-6-3-10-9-22(14(18(24)26-2)8-12(10)17(15)23)19-21-13-5-4-11(20)7-16(13)27-19;1-10-7-3-2-6(4-8)9-5-7;/h4-10,12,21H,11,13-14H2,1-3H3;3-9,11,20H,10,12-13H2,1-2H3,(H,30,31);3-7,14,23H,8-9H2,1-2H3;2-3,5H,4H2,1H3;1H/t21-;20-;14-;;/m000../s1. The lowest BCUT2D eigenvalue weighted by Crippen LogP contribution is -2.46. The van der Waals surface area contributed by atoms with Crippen LogP contribution in [0, 0.1) is 17.5 Å². The summed E-state index contributed by atoms with van der Waals surface area (Å²) in [6, 6.07) is 31.9. The lowest BCUT2D eigenvalue weighted by atomic mass is 9.92. The summed E-state index contributed by atoms with van der Waals surface area (Å²) < 4.78 is 112. The third-order valence-electron chi connectivity index (χ3n) is 17.9. The molecule has 15 rings (SSSR count). The second-order valence-corrected chi connectivity index (χ2v) is 24.5. The molecule has 6 aromatic carbocycles. The van der Waals surface area contributed by atoms with Crippen LogP contribution in [-0.4, -0.2) is 133 Å². The fourth-order valence-corrected chi connectivity index (χ4v) is 12.5. The molecule has 12 aromatic rings. The van der Waals surface area contributed by atoms with E-state index < -0.39 is 53.5 Å². The first-order chi connectivity index (χ1) is 52.3. The minimum Gasteiger partial charge on any atom is -0.504 e. The molecule has 568 valence electrons. The van der Waals surface area contributed by atoms with Crippen molar-refractivity contribution in [2.24, 2.45) is 0 Å². The highest BCUT2D eigenvalue weighted by Gasteiger charge is 2.41. The molecule has 9 heterocycles. The lowest BCUT2D eigenvalue weighted by Gasteiger charge is -2.35. The molecule has 0 spiro atoms. The number of hydrogen-bond acceptors (Lipinski definition) is 26. The van der Waals surface area contributed by atoms with Gasteiger partial charge in [-0.05, 0) is 108 Å². The van der Waals surface area contributed by atoms with Crippen molar-refractivity contribution in [1.82, 2.24) is 29.9 Å². The molecule has 32 heteroatoms. The third kappa shape index (κ3) is 17.4. The Morgan fingerprint density at radius 3 is 1.15 bits per heavy atom. The van der Waals surface area contributed by atoms with Gasteiger partial charge in [0.05, 0.1) is 98.4 Å². The number of aliphatic carboxylic acids is 1. The van der Waals surface area contributed by atoms with Crippen LogP contribution in [0.15, 0.2) is 159 Å². The van der Waals surface area contributed by atoms with Crippen molar-refractivity contribution in [3.63, 3.8) is 0 Å². The zero-order valence-electron chi connectivity index (χ0n) is 59.8. The van der Waals surface area contributed by atoms with Crippen molar-refractivity contribution in [2.45, 2.75) is 76.1 Å². The fourth-order valence-electron chi connectivity index (χ4n) is 12.3. The lowest BCUT2D eigenvalue weighted by molar-refractivity contribution is -0.143. The van der Waals surface area contributed by atoms with Gasteiger partial charge in [0, 0.05) is 73.8 Å². The van der Waals surface area contributed by atoms with Crippen LogP contribution in [0.3, 0.4) is 0 Å². The van der Waals surface area contributed by atoms with Gasteiger partial charge in [-0.1, -0.05) is 18.2 Å². The van der Waals surface area contributed by atoms with Gasteiger partial charge in [-0.3, -0.25) is 15.0 Å². The van der Waals surface area contributed by atoms with E-state index in [-0.39, 0.29) is 92.9 Å². The number of halogens is 5. The van der Waals surface area contributed by atoms with Gasteiger partial charge in [0.25, 0.3) is 18.0 Å². The largest absolute Gasteiger partial charge is 0.504 e. The molecule has 0 aliphatic carbocycles. The number of fused-ring (bicyclic) bond motifs is 6.